The Hall–Kier alpha value is -2.48. The van der Waals surface area contributed by atoms with Crippen molar-refractivity contribution in [2.45, 2.75) is 30.7 Å². The maximum Gasteiger partial charge on any atom is 0.416 e. The van der Waals surface area contributed by atoms with Gasteiger partial charge in [0.1, 0.15) is 0 Å². The smallest absolute Gasteiger partial charge is 0.352 e. The minimum atomic E-state index is -4.38. The van der Waals surface area contributed by atoms with Crippen LogP contribution in [0.3, 0.4) is 0 Å². The molecule has 0 saturated carbocycles. The first-order valence-corrected chi connectivity index (χ1v) is 9.41. The zero-order valence-corrected chi connectivity index (χ0v) is 15.2. The fourth-order valence-electron chi connectivity index (χ4n) is 2.55. The third-order valence-corrected chi connectivity index (χ3v) is 4.86. The lowest BCUT2D eigenvalue weighted by molar-refractivity contribution is -0.137. The van der Waals surface area contributed by atoms with E-state index >= 15 is 0 Å². The number of halogens is 3. The Bertz CT molecular complexity index is 891. The Balaban J connectivity index is 1.40. The van der Waals surface area contributed by atoms with E-state index in [0.29, 0.717) is 18.4 Å². The third-order valence-electron chi connectivity index (χ3n) is 3.90. The van der Waals surface area contributed by atoms with E-state index in [1.54, 1.807) is 6.07 Å². The third kappa shape index (κ3) is 5.50. The van der Waals surface area contributed by atoms with Crippen molar-refractivity contribution in [2.75, 3.05) is 5.75 Å². The number of fused-ring (bicyclic) bond motifs is 1. The van der Waals surface area contributed by atoms with Crippen molar-refractivity contribution < 1.29 is 18.0 Å². The highest BCUT2D eigenvalue weighted by Crippen LogP contribution is 2.29. The number of nitrogens with one attached hydrogen (secondary N) is 2. The summed E-state index contributed by atoms with van der Waals surface area (Å²) in [4.78, 5) is 19.5. The molecule has 1 heterocycles. The number of H-pyrrole nitrogens is 1. The number of aromatic nitrogens is 2. The van der Waals surface area contributed by atoms with Gasteiger partial charge < -0.3 is 10.3 Å². The van der Waals surface area contributed by atoms with Crippen molar-refractivity contribution in [3.8, 4) is 0 Å². The van der Waals surface area contributed by atoms with Crippen LogP contribution >= 0.6 is 11.8 Å². The molecule has 0 bridgehead atoms. The van der Waals surface area contributed by atoms with Crippen LogP contribution in [0.15, 0.2) is 53.7 Å². The Morgan fingerprint density at radius 3 is 2.74 bits per heavy atom. The molecule has 2 N–H and O–H groups in total. The zero-order chi connectivity index (χ0) is 19.3. The van der Waals surface area contributed by atoms with Crippen LogP contribution in [0.4, 0.5) is 13.2 Å². The van der Waals surface area contributed by atoms with Crippen LogP contribution in [-0.4, -0.2) is 21.6 Å². The lowest BCUT2D eigenvalue weighted by Crippen LogP contribution is -2.22. The summed E-state index contributed by atoms with van der Waals surface area (Å²) in [7, 11) is 0. The molecule has 0 aliphatic rings. The number of alkyl halides is 3. The molecule has 0 aliphatic carbocycles. The van der Waals surface area contributed by atoms with Crippen molar-refractivity contribution in [1.82, 2.24) is 15.3 Å². The summed E-state index contributed by atoms with van der Waals surface area (Å²) < 4.78 is 38.0. The first kappa shape index (κ1) is 19.3. The lowest BCUT2D eigenvalue weighted by atomic mass is 10.1. The van der Waals surface area contributed by atoms with E-state index in [0.717, 1.165) is 34.1 Å². The molecule has 3 rings (SSSR count). The standard InChI is InChI=1S/C19H18F3N3OS/c20-19(21,22)14-6-3-5-13(11-14)12-23-17(26)9-4-10-27-18-24-15-7-1-2-8-16(15)25-18/h1-3,5-8,11H,4,9-10,12H2,(H,23,26)(H,24,25). The van der Waals surface area contributed by atoms with Crippen molar-refractivity contribution >= 4 is 28.7 Å². The highest BCUT2D eigenvalue weighted by molar-refractivity contribution is 7.99. The molecule has 1 amide bonds. The highest BCUT2D eigenvalue weighted by atomic mass is 32.2. The fraction of sp³-hybridized carbons (Fsp3) is 0.263. The molecule has 0 saturated heterocycles. The van der Waals surface area contributed by atoms with Crippen LogP contribution in [0, 0.1) is 0 Å². The molecular formula is C19H18F3N3OS. The summed E-state index contributed by atoms with van der Waals surface area (Å²) in [5.41, 5.74) is 1.59. The van der Waals surface area contributed by atoms with Gasteiger partial charge in [-0.3, -0.25) is 4.79 Å². The number of imidazole rings is 1. The van der Waals surface area contributed by atoms with Gasteiger partial charge in [-0.05, 0) is 36.2 Å². The van der Waals surface area contributed by atoms with Crippen LogP contribution in [-0.2, 0) is 17.5 Å². The van der Waals surface area contributed by atoms with E-state index in [1.165, 1.54) is 17.8 Å². The molecule has 4 nitrogen and oxygen atoms in total. The summed E-state index contributed by atoms with van der Waals surface area (Å²) in [6, 6.07) is 12.7. The number of hydrogen-bond donors (Lipinski definition) is 2. The number of amides is 1. The number of carbonyl (C=O) groups is 1. The van der Waals surface area contributed by atoms with E-state index in [9.17, 15) is 18.0 Å². The Kier molecular flexibility index (Phi) is 6.05. The summed E-state index contributed by atoms with van der Waals surface area (Å²) >= 11 is 1.54. The minimum Gasteiger partial charge on any atom is -0.352 e. The molecule has 1 aromatic heterocycles. The molecule has 142 valence electrons. The van der Waals surface area contributed by atoms with E-state index in [1.807, 2.05) is 24.3 Å². The molecule has 0 radical (unpaired) electrons. The number of nitrogens with zero attached hydrogens (tertiary/aromatic N) is 1. The van der Waals surface area contributed by atoms with Crippen LogP contribution < -0.4 is 5.32 Å². The van der Waals surface area contributed by atoms with Crippen LogP contribution in [0.2, 0.25) is 0 Å². The molecule has 3 aromatic rings. The number of rotatable bonds is 7. The van der Waals surface area contributed by atoms with Crippen molar-refractivity contribution in [2.24, 2.45) is 0 Å². The van der Waals surface area contributed by atoms with Gasteiger partial charge in [0.25, 0.3) is 0 Å². The maximum atomic E-state index is 12.7. The van der Waals surface area contributed by atoms with Gasteiger partial charge in [-0.2, -0.15) is 13.2 Å². The normalized spacial score (nSPS) is 11.7. The van der Waals surface area contributed by atoms with Crippen molar-refractivity contribution in [3.05, 3.63) is 59.7 Å². The average Bonchev–Trinajstić information content (AvgIpc) is 3.06. The topological polar surface area (TPSA) is 57.8 Å². The van der Waals surface area contributed by atoms with E-state index in [4.69, 9.17) is 0 Å². The lowest BCUT2D eigenvalue weighted by Gasteiger charge is -2.09. The number of thioether (sulfide) groups is 1. The van der Waals surface area contributed by atoms with Gasteiger partial charge in [0.05, 0.1) is 16.6 Å². The Labute approximate surface area is 158 Å². The van der Waals surface area contributed by atoms with Gasteiger partial charge in [0.15, 0.2) is 5.16 Å². The molecule has 27 heavy (non-hydrogen) atoms. The summed E-state index contributed by atoms with van der Waals surface area (Å²) in [6.45, 7) is 0.0828. The maximum absolute atomic E-state index is 12.7. The molecule has 0 unspecified atom stereocenters. The minimum absolute atomic E-state index is 0.0828. The van der Waals surface area contributed by atoms with Gasteiger partial charge in [-0.1, -0.05) is 36.0 Å². The monoisotopic (exact) mass is 393 g/mol. The molecular weight excluding hydrogens is 375 g/mol. The van der Waals surface area contributed by atoms with Crippen molar-refractivity contribution in [3.63, 3.8) is 0 Å². The SMILES string of the molecule is O=C(CCCSc1nc2ccccc2[nH]1)NCc1cccc(C(F)(F)F)c1. The number of aromatic amines is 1. The second-order valence-corrected chi connectivity index (χ2v) is 7.07. The second-order valence-electron chi connectivity index (χ2n) is 5.99. The largest absolute Gasteiger partial charge is 0.416 e. The Morgan fingerprint density at radius 1 is 1.15 bits per heavy atom. The molecule has 0 aliphatic heterocycles. The van der Waals surface area contributed by atoms with Gasteiger partial charge in [-0.25, -0.2) is 4.98 Å². The summed E-state index contributed by atoms with van der Waals surface area (Å²) in [6.07, 6.45) is -3.42. The van der Waals surface area contributed by atoms with E-state index < -0.39 is 11.7 Å². The van der Waals surface area contributed by atoms with E-state index in [-0.39, 0.29) is 12.5 Å². The van der Waals surface area contributed by atoms with Gasteiger partial charge in [0, 0.05) is 18.7 Å². The van der Waals surface area contributed by atoms with Gasteiger partial charge in [-0.15, -0.1) is 0 Å². The first-order chi connectivity index (χ1) is 12.9. The average molecular weight is 393 g/mol. The molecule has 0 atom stereocenters. The van der Waals surface area contributed by atoms with Crippen molar-refractivity contribution in [1.29, 1.82) is 0 Å². The number of carbonyl (C=O) groups excluding carboxylic acids is 1. The quantitative estimate of drug-likeness (QED) is 0.449. The van der Waals surface area contributed by atoms with Gasteiger partial charge >= 0.3 is 6.18 Å². The van der Waals surface area contributed by atoms with Crippen LogP contribution in [0.1, 0.15) is 24.0 Å². The molecule has 2 aromatic carbocycles. The van der Waals surface area contributed by atoms with Crippen LogP contribution in [0.25, 0.3) is 11.0 Å². The predicted octanol–water partition coefficient (Wildman–Crippen LogP) is 4.77. The number of para-hydroxylation sites is 2. The molecule has 0 fully saturated rings. The van der Waals surface area contributed by atoms with Crippen LogP contribution in [0.5, 0.6) is 0 Å². The number of benzene rings is 2. The summed E-state index contributed by atoms with van der Waals surface area (Å²) in [5.74, 6) is 0.536. The van der Waals surface area contributed by atoms with Gasteiger partial charge in [0.2, 0.25) is 5.91 Å². The first-order valence-electron chi connectivity index (χ1n) is 8.42. The Morgan fingerprint density at radius 2 is 1.96 bits per heavy atom. The fourth-order valence-corrected chi connectivity index (χ4v) is 3.37. The molecule has 0 spiro atoms. The zero-order valence-electron chi connectivity index (χ0n) is 14.3. The van der Waals surface area contributed by atoms with E-state index in [2.05, 4.69) is 15.3 Å². The predicted molar refractivity (Wildman–Crippen MR) is 99.3 cm³/mol. The number of hydrogen-bond acceptors (Lipinski definition) is 3. The summed E-state index contributed by atoms with van der Waals surface area (Å²) in [5, 5.41) is 3.46. The highest BCUT2D eigenvalue weighted by Gasteiger charge is 2.30. The molecule has 8 heteroatoms. The second kappa shape index (κ2) is 8.47.